The molecule has 0 atom stereocenters. The fourth-order valence-electron chi connectivity index (χ4n) is 4.36. The van der Waals surface area contributed by atoms with Gasteiger partial charge in [-0.2, -0.15) is 0 Å². The number of hydrogen-bond donors (Lipinski definition) is 2. The highest BCUT2D eigenvalue weighted by molar-refractivity contribution is 7.89. The Hall–Kier alpha value is -2.27. The van der Waals surface area contributed by atoms with Crippen molar-refractivity contribution >= 4 is 15.6 Å². The third-order valence-corrected chi connectivity index (χ3v) is 7.07. The molecule has 0 aromatic heterocycles. The van der Waals surface area contributed by atoms with Crippen LogP contribution in [0.25, 0.3) is 5.57 Å². The first-order valence-electron chi connectivity index (χ1n) is 9.07. The lowest BCUT2D eigenvalue weighted by molar-refractivity contribution is 0.319. The molecule has 2 aliphatic carbocycles. The van der Waals surface area contributed by atoms with Crippen molar-refractivity contribution in [3.05, 3.63) is 65.9 Å². The van der Waals surface area contributed by atoms with E-state index < -0.39 is 10.0 Å². The molecule has 1 spiro atoms. The van der Waals surface area contributed by atoms with Crippen molar-refractivity contribution < 1.29 is 13.5 Å². The molecule has 2 aromatic carbocycles. The Balaban J connectivity index is 1.71. The van der Waals surface area contributed by atoms with Crippen molar-refractivity contribution in [1.29, 1.82) is 0 Å². The largest absolute Gasteiger partial charge is 0.508 e. The molecule has 4 rings (SSSR count). The first kappa shape index (κ1) is 17.2. The first-order chi connectivity index (χ1) is 12.5. The maximum absolute atomic E-state index is 12.8. The normalized spacial score (nSPS) is 19.2. The molecule has 0 radical (unpaired) electrons. The summed E-state index contributed by atoms with van der Waals surface area (Å²) in [5.74, 6) is 0.217. The summed E-state index contributed by atoms with van der Waals surface area (Å²) in [6, 6.07) is 15.6. The van der Waals surface area contributed by atoms with Gasteiger partial charge in [0.2, 0.25) is 0 Å². The van der Waals surface area contributed by atoms with Crippen molar-refractivity contribution in [3.8, 4) is 5.75 Å². The van der Waals surface area contributed by atoms with Gasteiger partial charge in [0.1, 0.15) is 5.75 Å². The fourth-order valence-corrected chi connectivity index (χ4v) is 5.51. The van der Waals surface area contributed by atoms with Crippen LogP contribution in [0.4, 0.5) is 0 Å². The summed E-state index contributed by atoms with van der Waals surface area (Å²) in [7, 11) is -3.60. The van der Waals surface area contributed by atoms with Crippen LogP contribution in [0.15, 0.2) is 65.2 Å². The zero-order valence-corrected chi connectivity index (χ0v) is 15.4. The van der Waals surface area contributed by atoms with E-state index in [0.29, 0.717) is 0 Å². The second-order valence-electron chi connectivity index (χ2n) is 7.48. The Bertz CT molecular complexity index is 925. The zero-order chi connectivity index (χ0) is 18.2. The SMILES string of the molecule is O=S(=O)(NC1=C(c2ccc(O)cc2)CC2(CCCC2)C1)c1ccccc1. The molecule has 0 saturated heterocycles. The maximum Gasteiger partial charge on any atom is 0.261 e. The molecule has 2 aliphatic rings. The van der Waals surface area contributed by atoms with Gasteiger partial charge in [0, 0.05) is 5.70 Å². The van der Waals surface area contributed by atoms with E-state index in [-0.39, 0.29) is 16.1 Å². The number of rotatable bonds is 4. The number of nitrogens with one attached hydrogen (secondary N) is 1. The van der Waals surface area contributed by atoms with Crippen LogP contribution in [0.2, 0.25) is 0 Å². The summed E-state index contributed by atoms with van der Waals surface area (Å²) < 4.78 is 28.5. The van der Waals surface area contributed by atoms with Gasteiger partial charge in [0.25, 0.3) is 10.0 Å². The minimum absolute atomic E-state index is 0.182. The lowest BCUT2D eigenvalue weighted by atomic mass is 9.82. The molecule has 0 unspecified atom stereocenters. The van der Waals surface area contributed by atoms with Gasteiger partial charge in [-0.1, -0.05) is 43.2 Å². The average molecular weight is 369 g/mol. The van der Waals surface area contributed by atoms with Gasteiger partial charge < -0.3 is 5.11 Å². The molecular weight excluding hydrogens is 346 g/mol. The smallest absolute Gasteiger partial charge is 0.261 e. The van der Waals surface area contributed by atoms with Crippen LogP contribution >= 0.6 is 0 Å². The van der Waals surface area contributed by atoms with Crippen LogP contribution in [0.5, 0.6) is 5.75 Å². The summed E-state index contributed by atoms with van der Waals surface area (Å²) in [6.07, 6.45) is 6.37. The number of allylic oxidation sites excluding steroid dienone is 2. The molecule has 0 amide bonds. The van der Waals surface area contributed by atoms with Crippen molar-refractivity contribution in [2.45, 2.75) is 43.4 Å². The van der Waals surface area contributed by atoms with Crippen LogP contribution in [0.3, 0.4) is 0 Å². The number of benzene rings is 2. The predicted octanol–water partition coefficient (Wildman–Crippen LogP) is 4.44. The number of aromatic hydroxyl groups is 1. The van der Waals surface area contributed by atoms with Gasteiger partial charge in [0.05, 0.1) is 4.90 Å². The molecule has 1 saturated carbocycles. The molecule has 0 aliphatic heterocycles. The Labute approximate surface area is 154 Å². The van der Waals surface area contributed by atoms with Gasteiger partial charge in [-0.15, -0.1) is 0 Å². The topological polar surface area (TPSA) is 66.4 Å². The molecule has 1 fully saturated rings. The highest BCUT2D eigenvalue weighted by atomic mass is 32.2. The molecular formula is C21H23NO3S. The van der Waals surface area contributed by atoms with Gasteiger partial charge in [-0.25, -0.2) is 8.42 Å². The quantitative estimate of drug-likeness (QED) is 0.837. The third-order valence-electron chi connectivity index (χ3n) is 5.66. The van der Waals surface area contributed by atoms with Gasteiger partial charge in [-0.05, 0) is 66.5 Å². The van der Waals surface area contributed by atoms with Crippen molar-refractivity contribution in [2.24, 2.45) is 5.41 Å². The highest BCUT2D eigenvalue weighted by Crippen LogP contribution is 2.54. The Morgan fingerprint density at radius 2 is 1.54 bits per heavy atom. The van der Waals surface area contributed by atoms with Gasteiger partial charge >= 0.3 is 0 Å². The van der Waals surface area contributed by atoms with Crippen molar-refractivity contribution in [3.63, 3.8) is 0 Å². The van der Waals surface area contributed by atoms with Crippen LogP contribution in [-0.4, -0.2) is 13.5 Å². The van der Waals surface area contributed by atoms with E-state index in [1.165, 1.54) is 12.8 Å². The number of phenols is 1. The van der Waals surface area contributed by atoms with Crippen LogP contribution in [0.1, 0.15) is 44.1 Å². The van der Waals surface area contributed by atoms with E-state index in [1.54, 1.807) is 36.4 Å². The van der Waals surface area contributed by atoms with Crippen LogP contribution in [0, 0.1) is 5.41 Å². The minimum atomic E-state index is -3.60. The first-order valence-corrected chi connectivity index (χ1v) is 10.6. The number of hydrogen-bond acceptors (Lipinski definition) is 3. The third kappa shape index (κ3) is 3.23. The predicted molar refractivity (Wildman–Crippen MR) is 102 cm³/mol. The van der Waals surface area contributed by atoms with E-state index in [4.69, 9.17) is 0 Å². The lowest BCUT2D eigenvalue weighted by Crippen LogP contribution is -2.24. The number of sulfonamides is 1. The van der Waals surface area contributed by atoms with E-state index in [9.17, 15) is 13.5 Å². The second kappa shape index (κ2) is 6.47. The van der Waals surface area contributed by atoms with Crippen LogP contribution < -0.4 is 4.72 Å². The fraction of sp³-hybridized carbons (Fsp3) is 0.333. The monoisotopic (exact) mass is 369 g/mol. The van der Waals surface area contributed by atoms with Gasteiger partial charge in [0.15, 0.2) is 0 Å². The molecule has 4 nitrogen and oxygen atoms in total. The standard InChI is InChI=1S/C21H23NO3S/c23-17-10-8-16(9-11-17)19-14-21(12-4-5-13-21)15-20(19)22-26(24,25)18-6-2-1-3-7-18/h1-3,6-11,22-23H,4-5,12-15H2. The minimum Gasteiger partial charge on any atom is -0.508 e. The molecule has 136 valence electrons. The zero-order valence-electron chi connectivity index (χ0n) is 14.6. The average Bonchev–Trinajstić information content (AvgIpc) is 3.23. The molecule has 0 bridgehead atoms. The Morgan fingerprint density at radius 1 is 0.885 bits per heavy atom. The summed E-state index contributed by atoms with van der Waals surface area (Å²) in [4.78, 5) is 0.282. The second-order valence-corrected chi connectivity index (χ2v) is 9.17. The van der Waals surface area contributed by atoms with E-state index in [0.717, 1.165) is 42.5 Å². The molecule has 26 heavy (non-hydrogen) atoms. The lowest BCUT2D eigenvalue weighted by Gasteiger charge is -2.23. The molecule has 5 heteroatoms. The van der Waals surface area contributed by atoms with Crippen LogP contribution in [-0.2, 0) is 10.0 Å². The van der Waals surface area contributed by atoms with E-state index in [1.807, 2.05) is 18.2 Å². The Kier molecular flexibility index (Phi) is 4.27. The summed E-state index contributed by atoms with van der Waals surface area (Å²) in [5.41, 5.74) is 3.03. The molecule has 0 heterocycles. The molecule has 2 aromatic rings. The summed E-state index contributed by atoms with van der Waals surface area (Å²) in [5, 5.41) is 9.58. The van der Waals surface area contributed by atoms with E-state index >= 15 is 0 Å². The van der Waals surface area contributed by atoms with Gasteiger partial charge in [-0.3, -0.25) is 4.72 Å². The maximum atomic E-state index is 12.8. The Morgan fingerprint density at radius 3 is 2.19 bits per heavy atom. The van der Waals surface area contributed by atoms with Crippen molar-refractivity contribution in [1.82, 2.24) is 4.72 Å². The summed E-state index contributed by atoms with van der Waals surface area (Å²) in [6.45, 7) is 0. The molecule has 2 N–H and O–H groups in total. The number of phenolic OH excluding ortho intramolecular Hbond substituents is 1. The van der Waals surface area contributed by atoms with Crippen molar-refractivity contribution in [2.75, 3.05) is 0 Å². The highest BCUT2D eigenvalue weighted by Gasteiger charge is 2.42. The summed E-state index contributed by atoms with van der Waals surface area (Å²) >= 11 is 0. The van der Waals surface area contributed by atoms with E-state index in [2.05, 4.69) is 4.72 Å².